The van der Waals surface area contributed by atoms with Crippen molar-refractivity contribution in [3.63, 3.8) is 0 Å². The predicted octanol–water partition coefficient (Wildman–Crippen LogP) is 3.03. The molecule has 0 spiro atoms. The maximum absolute atomic E-state index is 10.3. The van der Waals surface area contributed by atoms with Gasteiger partial charge in [0.25, 0.3) is 0 Å². The number of aliphatic hydroxyl groups excluding tert-OH is 1. The van der Waals surface area contributed by atoms with Crippen molar-refractivity contribution in [2.75, 3.05) is 0 Å². The molecule has 1 heterocycles. The molecule has 16 heavy (non-hydrogen) atoms. The lowest BCUT2D eigenvalue weighted by Crippen LogP contribution is -2.31. The second-order valence-electron chi connectivity index (χ2n) is 4.87. The van der Waals surface area contributed by atoms with E-state index in [0.29, 0.717) is 11.7 Å². The van der Waals surface area contributed by atoms with Crippen molar-refractivity contribution in [1.29, 1.82) is 5.26 Å². The highest BCUT2D eigenvalue weighted by atomic mass is 16.4. The van der Waals surface area contributed by atoms with Crippen molar-refractivity contribution in [3.8, 4) is 6.07 Å². The van der Waals surface area contributed by atoms with Gasteiger partial charge in [-0.25, -0.2) is 0 Å². The average Bonchev–Trinajstić information content (AvgIpc) is 2.83. The van der Waals surface area contributed by atoms with Crippen molar-refractivity contribution in [3.05, 3.63) is 24.2 Å². The first kappa shape index (κ1) is 11.2. The zero-order chi connectivity index (χ0) is 11.6. The van der Waals surface area contributed by atoms with E-state index in [9.17, 15) is 10.4 Å². The molecule has 0 aliphatic heterocycles. The number of hydrogen-bond acceptors (Lipinski definition) is 3. The van der Waals surface area contributed by atoms with Gasteiger partial charge in [0.05, 0.1) is 17.7 Å². The lowest BCUT2D eigenvalue weighted by molar-refractivity contribution is 0.0116. The van der Waals surface area contributed by atoms with Crippen molar-refractivity contribution in [2.45, 2.75) is 38.7 Å². The lowest BCUT2D eigenvalue weighted by Gasteiger charge is -2.36. The summed E-state index contributed by atoms with van der Waals surface area (Å²) in [7, 11) is 0. The first-order valence-corrected chi connectivity index (χ1v) is 5.81. The molecule has 0 radical (unpaired) electrons. The Morgan fingerprint density at radius 1 is 1.56 bits per heavy atom. The Bertz CT molecular complexity index is 369. The van der Waals surface area contributed by atoms with Crippen LogP contribution in [0, 0.1) is 22.7 Å². The van der Waals surface area contributed by atoms with Crippen molar-refractivity contribution in [2.24, 2.45) is 11.3 Å². The standard InChI is InChI=1S/C13H17NO2/c1-10-4-6-13(9-14,7-5-10)12(15)11-3-2-8-16-11/h2-3,8,10,12,15H,4-7H2,1H3. The van der Waals surface area contributed by atoms with Crippen LogP contribution in [0.2, 0.25) is 0 Å². The Kier molecular flexibility index (Phi) is 3.02. The van der Waals surface area contributed by atoms with Crippen LogP contribution in [0.1, 0.15) is 44.5 Å². The number of rotatable bonds is 2. The van der Waals surface area contributed by atoms with Gasteiger partial charge in [-0.3, -0.25) is 0 Å². The molecule has 0 saturated heterocycles. The zero-order valence-electron chi connectivity index (χ0n) is 9.52. The van der Waals surface area contributed by atoms with E-state index in [2.05, 4.69) is 13.0 Å². The summed E-state index contributed by atoms with van der Waals surface area (Å²) < 4.78 is 5.20. The maximum atomic E-state index is 10.3. The van der Waals surface area contributed by atoms with E-state index in [1.165, 1.54) is 6.26 Å². The maximum Gasteiger partial charge on any atom is 0.133 e. The van der Waals surface area contributed by atoms with Gasteiger partial charge in [-0.1, -0.05) is 6.92 Å². The van der Waals surface area contributed by atoms with Crippen LogP contribution in [0.25, 0.3) is 0 Å². The summed E-state index contributed by atoms with van der Waals surface area (Å²) >= 11 is 0. The molecule has 3 heteroatoms. The third-order valence-corrected chi connectivity index (χ3v) is 3.73. The van der Waals surface area contributed by atoms with Crippen molar-refractivity contribution < 1.29 is 9.52 Å². The normalized spacial score (nSPS) is 31.9. The van der Waals surface area contributed by atoms with Gasteiger partial charge >= 0.3 is 0 Å². The highest BCUT2D eigenvalue weighted by molar-refractivity contribution is 5.14. The van der Waals surface area contributed by atoms with Gasteiger partial charge in [0, 0.05) is 0 Å². The van der Waals surface area contributed by atoms with Gasteiger partial charge in [0.15, 0.2) is 0 Å². The summed E-state index contributed by atoms with van der Waals surface area (Å²) in [5.74, 6) is 1.17. The molecule has 0 aromatic carbocycles. The molecule has 1 unspecified atom stereocenters. The van der Waals surface area contributed by atoms with E-state index in [1.54, 1.807) is 12.1 Å². The third kappa shape index (κ3) is 1.85. The highest BCUT2D eigenvalue weighted by Gasteiger charge is 2.42. The molecule has 1 saturated carbocycles. The SMILES string of the molecule is CC1CCC(C#N)(C(O)c2ccco2)CC1. The van der Waals surface area contributed by atoms with E-state index in [4.69, 9.17) is 4.42 Å². The van der Waals surface area contributed by atoms with Crippen LogP contribution in [0.5, 0.6) is 0 Å². The number of nitriles is 1. The molecule has 1 aliphatic rings. The van der Waals surface area contributed by atoms with E-state index in [0.717, 1.165) is 25.7 Å². The van der Waals surface area contributed by atoms with Crippen molar-refractivity contribution >= 4 is 0 Å². The summed E-state index contributed by atoms with van der Waals surface area (Å²) in [5.41, 5.74) is -0.648. The van der Waals surface area contributed by atoms with Crippen LogP contribution in [-0.4, -0.2) is 5.11 Å². The third-order valence-electron chi connectivity index (χ3n) is 3.73. The minimum absolute atomic E-state index is 0.510. The molecule has 0 amide bonds. The van der Waals surface area contributed by atoms with Gasteiger partial charge < -0.3 is 9.52 Å². The Morgan fingerprint density at radius 3 is 2.75 bits per heavy atom. The summed E-state index contributed by atoms with van der Waals surface area (Å²) in [6, 6.07) is 5.80. The van der Waals surface area contributed by atoms with E-state index >= 15 is 0 Å². The highest BCUT2D eigenvalue weighted by Crippen LogP contribution is 2.47. The Hall–Kier alpha value is -1.27. The zero-order valence-corrected chi connectivity index (χ0v) is 9.52. The van der Waals surface area contributed by atoms with Gasteiger partial charge in [0.1, 0.15) is 11.9 Å². The lowest BCUT2D eigenvalue weighted by atomic mass is 9.68. The van der Waals surface area contributed by atoms with Crippen LogP contribution in [0.3, 0.4) is 0 Å². The molecule has 1 N–H and O–H groups in total. The molecule has 1 aliphatic carbocycles. The second-order valence-corrected chi connectivity index (χ2v) is 4.87. The Labute approximate surface area is 95.7 Å². The summed E-state index contributed by atoms with van der Waals surface area (Å²) in [5, 5.41) is 19.6. The molecular formula is C13H17NO2. The molecule has 3 nitrogen and oxygen atoms in total. The minimum atomic E-state index is -0.792. The van der Waals surface area contributed by atoms with Crippen LogP contribution in [-0.2, 0) is 0 Å². The molecule has 1 atom stereocenters. The van der Waals surface area contributed by atoms with Gasteiger partial charge in [-0.2, -0.15) is 5.26 Å². The van der Waals surface area contributed by atoms with Crippen molar-refractivity contribution in [1.82, 2.24) is 0 Å². The molecule has 2 rings (SSSR count). The van der Waals surface area contributed by atoms with Gasteiger partial charge in [-0.15, -0.1) is 0 Å². The topological polar surface area (TPSA) is 57.2 Å². The average molecular weight is 219 g/mol. The number of aliphatic hydroxyl groups is 1. The Morgan fingerprint density at radius 2 is 2.25 bits per heavy atom. The first-order valence-electron chi connectivity index (χ1n) is 5.81. The fourth-order valence-corrected chi connectivity index (χ4v) is 2.44. The number of nitrogens with zero attached hydrogens (tertiary/aromatic N) is 1. The van der Waals surface area contributed by atoms with Gasteiger partial charge in [0.2, 0.25) is 0 Å². The molecular weight excluding hydrogens is 202 g/mol. The first-order chi connectivity index (χ1) is 7.68. The smallest absolute Gasteiger partial charge is 0.133 e. The fourth-order valence-electron chi connectivity index (χ4n) is 2.44. The van der Waals surface area contributed by atoms with E-state index in [-0.39, 0.29) is 0 Å². The molecule has 1 aromatic rings. The Balaban J connectivity index is 2.19. The van der Waals surface area contributed by atoms with Crippen LogP contribution in [0.15, 0.2) is 22.8 Å². The number of hydrogen-bond donors (Lipinski definition) is 1. The number of furan rings is 1. The second kappa shape index (κ2) is 4.31. The minimum Gasteiger partial charge on any atom is -0.467 e. The summed E-state index contributed by atoms with van der Waals surface area (Å²) in [6.07, 6.45) is 4.27. The molecule has 86 valence electrons. The fraction of sp³-hybridized carbons (Fsp3) is 0.615. The van der Waals surface area contributed by atoms with Crippen LogP contribution >= 0.6 is 0 Å². The molecule has 1 fully saturated rings. The quantitative estimate of drug-likeness (QED) is 0.831. The summed E-state index contributed by atoms with van der Waals surface area (Å²) in [6.45, 7) is 2.20. The monoisotopic (exact) mass is 219 g/mol. The molecule has 1 aromatic heterocycles. The van der Waals surface area contributed by atoms with Crippen LogP contribution in [0.4, 0.5) is 0 Å². The largest absolute Gasteiger partial charge is 0.467 e. The van der Waals surface area contributed by atoms with E-state index < -0.39 is 11.5 Å². The molecule has 0 bridgehead atoms. The van der Waals surface area contributed by atoms with Gasteiger partial charge in [-0.05, 0) is 43.7 Å². The van der Waals surface area contributed by atoms with Crippen LogP contribution < -0.4 is 0 Å². The predicted molar refractivity (Wildman–Crippen MR) is 59.3 cm³/mol. The van der Waals surface area contributed by atoms with E-state index in [1.807, 2.05) is 0 Å². The summed E-state index contributed by atoms with van der Waals surface area (Å²) in [4.78, 5) is 0.